The zero-order chi connectivity index (χ0) is 9.84. The van der Waals surface area contributed by atoms with E-state index in [1.165, 1.54) is 0 Å². The number of nitrogens with one attached hydrogen (secondary N) is 1. The Hall–Kier alpha value is -1.78. The van der Waals surface area contributed by atoms with Crippen LogP contribution in [0.25, 0.3) is 0 Å². The van der Waals surface area contributed by atoms with Crippen molar-refractivity contribution in [3.63, 3.8) is 0 Å². The molecule has 0 aromatic carbocycles. The minimum absolute atomic E-state index is 0.657. The number of hydrogen-bond acceptors (Lipinski definition) is 3. The van der Waals surface area contributed by atoms with Crippen LogP contribution in [0.3, 0.4) is 0 Å². The van der Waals surface area contributed by atoms with E-state index >= 15 is 0 Å². The first-order chi connectivity index (χ1) is 6.11. The van der Waals surface area contributed by atoms with E-state index in [-0.39, 0.29) is 0 Å². The molecule has 13 heavy (non-hydrogen) atoms. The number of hydrogen-bond donors (Lipinski definition) is 2. The summed E-state index contributed by atoms with van der Waals surface area (Å²) in [5.41, 5.74) is 8.51. The maximum absolute atomic E-state index is 10.3. The Labute approximate surface area is 75.6 Å². The van der Waals surface area contributed by atoms with E-state index in [0.717, 1.165) is 11.3 Å². The number of furan rings is 1. The molecule has 0 atom stereocenters. The third-order valence-corrected chi connectivity index (χ3v) is 1.58. The van der Waals surface area contributed by atoms with Crippen molar-refractivity contribution in [1.29, 1.82) is 0 Å². The molecular weight excluding hydrogens is 170 g/mol. The summed E-state index contributed by atoms with van der Waals surface area (Å²) in [6.45, 7) is 3.58. The summed E-state index contributed by atoms with van der Waals surface area (Å²) in [4.78, 5) is 10.3. The Morgan fingerprint density at radius 2 is 2.38 bits per heavy atom. The number of nitrogens with zero attached hydrogens (tertiary/aromatic N) is 1. The van der Waals surface area contributed by atoms with E-state index < -0.39 is 6.03 Å². The highest BCUT2D eigenvalue weighted by molar-refractivity contribution is 5.99. The number of primary amides is 1. The molecule has 0 saturated carbocycles. The molecule has 0 aliphatic rings. The van der Waals surface area contributed by atoms with E-state index in [1.54, 1.807) is 19.3 Å². The fraction of sp³-hybridized carbons (Fsp3) is 0.250. The average Bonchev–Trinajstić information content (AvgIpc) is 2.47. The van der Waals surface area contributed by atoms with Crippen molar-refractivity contribution in [2.24, 2.45) is 10.8 Å². The predicted octanol–water partition coefficient (Wildman–Crippen LogP) is 0.980. The fourth-order valence-electron chi connectivity index (χ4n) is 0.959. The van der Waals surface area contributed by atoms with Gasteiger partial charge in [-0.25, -0.2) is 10.2 Å². The number of carbonyl (C=O) groups is 1. The van der Waals surface area contributed by atoms with Gasteiger partial charge in [-0.05, 0) is 19.9 Å². The molecule has 5 heteroatoms. The van der Waals surface area contributed by atoms with Gasteiger partial charge in [0.2, 0.25) is 0 Å². The van der Waals surface area contributed by atoms with Crippen LogP contribution in [-0.4, -0.2) is 11.7 Å². The third-order valence-electron chi connectivity index (χ3n) is 1.58. The van der Waals surface area contributed by atoms with E-state index in [0.29, 0.717) is 5.71 Å². The second kappa shape index (κ2) is 3.75. The molecule has 0 saturated heterocycles. The number of hydrazone groups is 1. The first-order valence-electron chi connectivity index (χ1n) is 3.75. The van der Waals surface area contributed by atoms with Crippen molar-refractivity contribution < 1.29 is 9.21 Å². The van der Waals surface area contributed by atoms with Crippen molar-refractivity contribution in [3.05, 3.63) is 23.7 Å². The number of nitrogens with two attached hydrogens (primary N) is 1. The Morgan fingerprint density at radius 3 is 2.85 bits per heavy atom. The van der Waals surface area contributed by atoms with Crippen molar-refractivity contribution in [2.45, 2.75) is 13.8 Å². The number of carbonyl (C=O) groups excluding carboxylic acids is 1. The van der Waals surface area contributed by atoms with Gasteiger partial charge in [-0.2, -0.15) is 5.10 Å². The van der Waals surface area contributed by atoms with Crippen molar-refractivity contribution >= 4 is 11.7 Å². The molecule has 1 rings (SSSR count). The monoisotopic (exact) mass is 181 g/mol. The molecule has 2 amide bonds. The molecule has 0 unspecified atom stereocenters. The minimum atomic E-state index is -0.680. The van der Waals surface area contributed by atoms with Crippen LogP contribution in [0.1, 0.15) is 18.2 Å². The Balaban J connectivity index is 2.78. The van der Waals surface area contributed by atoms with Gasteiger partial charge in [0, 0.05) is 5.56 Å². The highest BCUT2D eigenvalue weighted by Crippen LogP contribution is 2.09. The molecule has 0 aliphatic carbocycles. The summed E-state index contributed by atoms with van der Waals surface area (Å²) < 4.78 is 5.07. The SMILES string of the molecule is C/C(=N/NC(N)=O)c1ccoc1C. The van der Waals surface area contributed by atoms with Gasteiger partial charge in [0.05, 0.1) is 12.0 Å². The van der Waals surface area contributed by atoms with Crippen LogP contribution in [0.2, 0.25) is 0 Å². The summed E-state index contributed by atoms with van der Waals surface area (Å²) in [5, 5.41) is 3.76. The summed E-state index contributed by atoms with van der Waals surface area (Å²) >= 11 is 0. The summed E-state index contributed by atoms with van der Waals surface area (Å²) in [7, 11) is 0. The highest BCUT2D eigenvalue weighted by Gasteiger charge is 2.04. The normalized spacial score (nSPS) is 11.4. The molecule has 0 bridgehead atoms. The van der Waals surface area contributed by atoms with Gasteiger partial charge in [-0.15, -0.1) is 0 Å². The maximum atomic E-state index is 10.3. The van der Waals surface area contributed by atoms with Crippen molar-refractivity contribution in [3.8, 4) is 0 Å². The first-order valence-corrected chi connectivity index (χ1v) is 3.75. The lowest BCUT2D eigenvalue weighted by atomic mass is 10.2. The largest absolute Gasteiger partial charge is 0.469 e. The van der Waals surface area contributed by atoms with Crippen LogP contribution in [0.5, 0.6) is 0 Å². The molecule has 0 spiro atoms. The summed E-state index contributed by atoms with van der Waals surface area (Å²) in [5.74, 6) is 0.757. The molecule has 0 fully saturated rings. The zero-order valence-corrected chi connectivity index (χ0v) is 7.50. The van der Waals surface area contributed by atoms with Crippen molar-refractivity contribution in [1.82, 2.24) is 5.43 Å². The second-order valence-electron chi connectivity index (χ2n) is 2.56. The van der Waals surface area contributed by atoms with Gasteiger partial charge in [0.1, 0.15) is 5.76 Å². The van der Waals surface area contributed by atoms with Gasteiger partial charge in [-0.1, -0.05) is 0 Å². The second-order valence-corrected chi connectivity index (χ2v) is 2.56. The van der Waals surface area contributed by atoms with E-state index in [1.807, 2.05) is 6.92 Å². The third kappa shape index (κ3) is 2.33. The Morgan fingerprint density at radius 1 is 1.69 bits per heavy atom. The first kappa shape index (κ1) is 9.31. The fourth-order valence-corrected chi connectivity index (χ4v) is 0.959. The summed E-state index contributed by atoms with van der Waals surface area (Å²) in [6, 6.07) is 1.09. The number of urea groups is 1. The van der Waals surface area contributed by atoms with Crippen LogP contribution in [0, 0.1) is 6.92 Å². The van der Waals surface area contributed by atoms with E-state index in [9.17, 15) is 4.79 Å². The Kier molecular flexibility index (Phi) is 2.69. The topological polar surface area (TPSA) is 80.6 Å². The molecule has 1 aromatic heterocycles. The number of amides is 2. The molecular formula is C8H11N3O2. The predicted molar refractivity (Wildman–Crippen MR) is 48.4 cm³/mol. The molecule has 0 radical (unpaired) electrons. The average molecular weight is 181 g/mol. The molecule has 5 nitrogen and oxygen atoms in total. The van der Waals surface area contributed by atoms with Gasteiger partial charge < -0.3 is 10.2 Å². The molecule has 3 N–H and O–H groups in total. The lowest BCUT2D eigenvalue weighted by molar-refractivity contribution is 0.249. The molecule has 1 aromatic rings. The lowest BCUT2D eigenvalue weighted by Crippen LogP contribution is -2.25. The van der Waals surface area contributed by atoms with Crippen LogP contribution in [0.15, 0.2) is 21.8 Å². The number of rotatable bonds is 2. The standard InChI is InChI=1S/C8H11N3O2/c1-5(10-11-8(9)12)7-3-4-13-6(7)2/h3-4H,1-2H3,(H3,9,11,12)/b10-5-. The lowest BCUT2D eigenvalue weighted by Gasteiger charge is -1.97. The van der Waals surface area contributed by atoms with E-state index in [4.69, 9.17) is 10.2 Å². The molecule has 70 valence electrons. The van der Waals surface area contributed by atoms with Gasteiger partial charge in [-0.3, -0.25) is 0 Å². The highest BCUT2D eigenvalue weighted by atomic mass is 16.3. The smallest absolute Gasteiger partial charge is 0.332 e. The van der Waals surface area contributed by atoms with Crippen LogP contribution < -0.4 is 11.2 Å². The molecule has 1 heterocycles. The van der Waals surface area contributed by atoms with Crippen LogP contribution in [-0.2, 0) is 0 Å². The summed E-state index contributed by atoms with van der Waals surface area (Å²) in [6.07, 6.45) is 1.56. The number of aryl methyl sites for hydroxylation is 1. The van der Waals surface area contributed by atoms with Crippen LogP contribution in [0.4, 0.5) is 4.79 Å². The van der Waals surface area contributed by atoms with Crippen molar-refractivity contribution in [2.75, 3.05) is 0 Å². The Bertz CT molecular complexity index is 341. The molecule has 0 aliphatic heterocycles. The van der Waals surface area contributed by atoms with Gasteiger partial charge >= 0.3 is 6.03 Å². The minimum Gasteiger partial charge on any atom is -0.469 e. The van der Waals surface area contributed by atoms with Crippen LogP contribution >= 0.6 is 0 Å². The van der Waals surface area contributed by atoms with Gasteiger partial charge in [0.15, 0.2) is 0 Å². The maximum Gasteiger partial charge on any atom is 0.332 e. The van der Waals surface area contributed by atoms with Gasteiger partial charge in [0.25, 0.3) is 0 Å². The van der Waals surface area contributed by atoms with E-state index in [2.05, 4.69) is 10.5 Å². The zero-order valence-electron chi connectivity index (χ0n) is 7.50. The quantitative estimate of drug-likeness (QED) is 0.526.